The smallest absolute Gasteiger partial charge is 0.255 e. The third kappa shape index (κ3) is 5.03. The van der Waals surface area contributed by atoms with E-state index in [0.717, 1.165) is 11.0 Å². The first kappa shape index (κ1) is 17.5. The van der Waals surface area contributed by atoms with Gasteiger partial charge in [0.05, 0.1) is 18.0 Å². The van der Waals surface area contributed by atoms with Crippen LogP contribution in [-0.4, -0.2) is 46.4 Å². The van der Waals surface area contributed by atoms with E-state index in [2.05, 4.69) is 0 Å². The van der Waals surface area contributed by atoms with Crippen molar-refractivity contribution in [3.63, 3.8) is 0 Å². The van der Waals surface area contributed by atoms with Crippen LogP contribution in [0, 0.1) is 0 Å². The average Bonchev–Trinajstić information content (AvgIpc) is 2.36. The third-order valence-corrected chi connectivity index (χ3v) is 3.50. The molecule has 0 saturated heterocycles. The molecule has 0 unspecified atom stereocenters. The van der Waals surface area contributed by atoms with Crippen LogP contribution in [0.3, 0.4) is 0 Å². The highest BCUT2D eigenvalue weighted by Gasteiger charge is 2.19. The summed E-state index contributed by atoms with van der Waals surface area (Å²) in [5, 5.41) is 5.03. The van der Waals surface area contributed by atoms with E-state index >= 15 is 0 Å². The molecule has 0 fully saturated rings. The van der Waals surface area contributed by atoms with Gasteiger partial charge in [0.25, 0.3) is 12.3 Å². The van der Waals surface area contributed by atoms with Gasteiger partial charge in [-0.3, -0.25) is 4.79 Å². The van der Waals surface area contributed by atoms with Crippen molar-refractivity contribution in [3.8, 4) is 0 Å². The molecular formula is C12H16F2N2O4S. The fourth-order valence-electron chi connectivity index (χ4n) is 1.71. The number of carbonyl (C=O) groups is 1. The fourth-order valence-corrected chi connectivity index (χ4v) is 2.32. The Morgan fingerprint density at radius 1 is 1.38 bits per heavy atom. The van der Waals surface area contributed by atoms with Crippen LogP contribution in [0.1, 0.15) is 15.9 Å². The fraction of sp³-hybridized carbons (Fsp3) is 0.417. The molecule has 0 aliphatic heterocycles. The van der Waals surface area contributed by atoms with Crippen LogP contribution in [0.4, 0.5) is 8.78 Å². The van der Waals surface area contributed by atoms with E-state index < -0.39 is 28.9 Å². The number of carbonyl (C=O) groups excluding carboxylic acids is 1. The molecule has 1 aromatic carbocycles. The molecule has 0 aliphatic rings. The van der Waals surface area contributed by atoms with Gasteiger partial charge in [-0.15, -0.1) is 0 Å². The van der Waals surface area contributed by atoms with Crippen LogP contribution in [0.15, 0.2) is 23.1 Å². The molecule has 6 nitrogen and oxygen atoms in total. The van der Waals surface area contributed by atoms with E-state index in [4.69, 9.17) is 9.88 Å². The van der Waals surface area contributed by atoms with Crippen LogP contribution in [0.5, 0.6) is 0 Å². The van der Waals surface area contributed by atoms with E-state index in [1.807, 2.05) is 0 Å². The monoisotopic (exact) mass is 322 g/mol. The van der Waals surface area contributed by atoms with Gasteiger partial charge in [0.1, 0.15) is 0 Å². The van der Waals surface area contributed by atoms with Gasteiger partial charge < -0.3 is 9.64 Å². The zero-order valence-corrected chi connectivity index (χ0v) is 12.4. The Balaban J connectivity index is 3.22. The SMILES string of the molecule is COCc1cc(C(=O)N(C)CC(F)F)cc(S(N)(=O)=O)c1. The highest BCUT2D eigenvalue weighted by Crippen LogP contribution is 2.17. The summed E-state index contributed by atoms with van der Waals surface area (Å²) in [4.78, 5) is 12.6. The normalized spacial score (nSPS) is 11.7. The molecule has 9 heteroatoms. The first-order valence-electron chi connectivity index (χ1n) is 5.84. The molecule has 0 atom stereocenters. The van der Waals surface area contributed by atoms with Crippen LogP contribution >= 0.6 is 0 Å². The van der Waals surface area contributed by atoms with Gasteiger partial charge in [-0.25, -0.2) is 22.3 Å². The van der Waals surface area contributed by atoms with E-state index in [1.54, 1.807) is 0 Å². The van der Waals surface area contributed by atoms with E-state index in [-0.39, 0.29) is 17.1 Å². The molecule has 0 saturated carbocycles. The molecule has 118 valence electrons. The molecule has 0 bridgehead atoms. The lowest BCUT2D eigenvalue weighted by Gasteiger charge is -2.17. The van der Waals surface area contributed by atoms with Gasteiger partial charge in [0.2, 0.25) is 10.0 Å². The molecule has 0 spiro atoms. The summed E-state index contributed by atoms with van der Waals surface area (Å²) in [7, 11) is -1.42. The summed E-state index contributed by atoms with van der Waals surface area (Å²) in [6.07, 6.45) is -2.68. The zero-order valence-electron chi connectivity index (χ0n) is 11.5. The van der Waals surface area contributed by atoms with Gasteiger partial charge in [-0.05, 0) is 23.8 Å². The lowest BCUT2D eigenvalue weighted by Crippen LogP contribution is -2.31. The Kier molecular flexibility index (Phi) is 5.76. The molecule has 1 aromatic rings. The Labute approximate surface area is 121 Å². The maximum atomic E-state index is 12.3. The number of nitrogens with two attached hydrogens (primary N) is 1. The minimum absolute atomic E-state index is 0.0447. The molecule has 2 N–H and O–H groups in total. The van der Waals surface area contributed by atoms with Crippen molar-refractivity contribution in [2.75, 3.05) is 20.7 Å². The minimum atomic E-state index is -4.02. The van der Waals surface area contributed by atoms with Gasteiger partial charge in [0.15, 0.2) is 0 Å². The topological polar surface area (TPSA) is 89.7 Å². The van der Waals surface area contributed by atoms with E-state index in [0.29, 0.717) is 5.56 Å². The second kappa shape index (κ2) is 6.92. The summed E-state index contributed by atoms with van der Waals surface area (Å²) in [6, 6.07) is 3.70. The van der Waals surface area contributed by atoms with Gasteiger partial charge >= 0.3 is 0 Å². The van der Waals surface area contributed by atoms with Crippen LogP contribution in [-0.2, 0) is 21.4 Å². The zero-order chi connectivity index (χ0) is 16.2. The molecule has 21 heavy (non-hydrogen) atoms. The number of hydrogen-bond acceptors (Lipinski definition) is 4. The lowest BCUT2D eigenvalue weighted by atomic mass is 10.1. The predicted octanol–water partition coefficient (Wildman–Crippen LogP) is 0.818. The summed E-state index contributed by atoms with van der Waals surface area (Å²) in [6.45, 7) is -0.694. The van der Waals surface area contributed by atoms with Gasteiger partial charge in [-0.1, -0.05) is 0 Å². The van der Waals surface area contributed by atoms with Crippen molar-refractivity contribution in [3.05, 3.63) is 29.3 Å². The molecule has 1 rings (SSSR count). The van der Waals surface area contributed by atoms with Crippen LogP contribution < -0.4 is 5.14 Å². The number of ether oxygens (including phenoxy) is 1. The second-order valence-electron chi connectivity index (χ2n) is 4.42. The molecule has 0 radical (unpaired) electrons. The van der Waals surface area contributed by atoms with Crippen molar-refractivity contribution in [2.45, 2.75) is 17.9 Å². The standard InChI is InChI=1S/C12H16F2N2O4S/c1-16(6-11(13)14)12(17)9-3-8(7-20-2)4-10(5-9)21(15,18)19/h3-5,11H,6-7H2,1-2H3,(H2,15,18,19). The van der Waals surface area contributed by atoms with E-state index in [9.17, 15) is 22.0 Å². The second-order valence-corrected chi connectivity index (χ2v) is 5.98. The first-order valence-corrected chi connectivity index (χ1v) is 7.39. The number of methoxy groups -OCH3 is 1. The maximum Gasteiger partial charge on any atom is 0.255 e. The van der Waals surface area contributed by atoms with Crippen molar-refractivity contribution in [1.29, 1.82) is 0 Å². The number of amides is 1. The maximum absolute atomic E-state index is 12.3. The number of benzene rings is 1. The Hall–Kier alpha value is -1.58. The van der Waals surface area contributed by atoms with Crippen LogP contribution in [0.2, 0.25) is 0 Å². The molecule has 1 amide bonds. The molecule has 0 heterocycles. The summed E-state index contributed by atoms with van der Waals surface area (Å²) >= 11 is 0. The third-order valence-electron chi connectivity index (χ3n) is 2.61. The number of halogens is 2. The lowest BCUT2D eigenvalue weighted by molar-refractivity contribution is 0.0620. The average molecular weight is 322 g/mol. The number of nitrogens with zero attached hydrogens (tertiary/aromatic N) is 1. The van der Waals surface area contributed by atoms with Crippen molar-refractivity contribution in [1.82, 2.24) is 4.90 Å². The summed E-state index contributed by atoms with van der Waals surface area (Å²) in [5.74, 6) is -0.724. The number of alkyl halides is 2. The number of rotatable bonds is 6. The summed E-state index contributed by atoms with van der Waals surface area (Å²) in [5.41, 5.74) is 0.356. The quantitative estimate of drug-likeness (QED) is 0.839. The van der Waals surface area contributed by atoms with Crippen molar-refractivity contribution in [2.24, 2.45) is 5.14 Å². The largest absolute Gasteiger partial charge is 0.380 e. The Bertz CT molecular complexity index is 620. The highest BCUT2D eigenvalue weighted by molar-refractivity contribution is 7.89. The van der Waals surface area contributed by atoms with E-state index in [1.165, 1.54) is 26.3 Å². The molecule has 0 aromatic heterocycles. The molecular weight excluding hydrogens is 306 g/mol. The predicted molar refractivity (Wildman–Crippen MR) is 71.5 cm³/mol. The van der Waals surface area contributed by atoms with Gasteiger partial charge in [0, 0.05) is 19.7 Å². The molecule has 0 aliphatic carbocycles. The number of sulfonamides is 1. The summed E-state index contributed by atoms with van der Waals surface area (Å²) < 4.78 is 52.3. The van der Waals surface area contributed by atoms with Crippen molar-refractivity contribution >= 4 is 15.9 Å². The number of primary sulfonamides is 1. The Morgan fingerprint density at radius 2 is 2.00 bits per heavy atom. The van der Waals surface area contributed by atoms with Gasteiger partial charge in [-0.2, -0.15) is 0 Å². The van der Waals surface area contributed by atoms with Crippen molar-refractivity contribution < 1.29 is 26.7 Å². The van der Waals surface area contributed by atoms with Crippen LogP contribution in [0.25, 0.3) is 0 Å². The highest BCUT2D eigenvalue weighted by atomic mass is 32.2. The number of hydrogen-bond donors (Lipinski definition) is 1. The Morgan fingerprint density at radius 3 is 2.48 bits per heavy atom. The minimum Gasteiger partial charge on any atom is -0.380 e. The first-order chi connectivity index (χ1) is 9.65.